The maximum absolute atomic E-state index is 12.9. The minimum Gasteiger partial charge on any atom is -0.347 e. The summed E-state index contributed by atoms with van der Waals surface area (Å²) in [5.74, 6) is 0.718. The number of rotatable bonds is 4. The molecule has 0 saturated carbocycles. The van der Waals surface area contributed by atoms with E-state index < -0.39 is 0 Å². The number of thioether (sulfide) groups is 1. The van der Waals surface area contributed by atoms with Crippen molar-refractivity contribution >= 4 is 22.7 Å². The Balaban J connectivity index is 1.82. The topological polar surface area (TPSA) is 60.9 Å². The Labute approximate surface area is 154 Å². The van der Waals surface area contributed by atoms with Crippen LogP contribution in [0.3, 0.4) is 0 Å². The molecule has 2 aromatic carbocycles. The summed E-state index contributed by atoms with van der Waals surface area (Å²) in [7, 11) is 0. The quantitative estimate of drug-likeness (QED) is 0.501. The highest BCUT2D eigenvalue weighted by Crippen LogP contribution is 2.24. The molecule has 5 nitrogen and oxygen atoms in total. The lowest BCUT2D eigenvalue weighted by Gasteiger charge is -2.09. The standard InChI is InChI=1S/C20H17N3O2S/c1-3-23-12-16(18(24)15-6-4-5-7-17(15)23)20-21-19(22-25-20)13-8-10-14(26-2)11-9-13/h4-12H,3H2,1-2H3. The van der Waals surface area contributed by atoms with Crippen LogP contribution in [0.1, 0.15) is 6.92 Å². The van der Waals surface area contributed by atoms with Crippen LogP contribution < -0.4 is 5.43 Å². The third-order valence-corrected chi connectivity index (χ3v) is 5.08. The fourth-order valence-electron chi connectivity index (χ4n) is 2.95. The zero-order valence-corrected chi connectivity index (χ0v) is 15.3. The molecule has 0 unspecified atom stereocenters. The van der Waals surface area contributed by atoms with Crippen molar-refractivity contribution in [1.82, 2.24) is 14.7 Å². The number of nitrogens with zero attached hydrogens (tertiary/aromatic N) is 3. The van der Waals surface area contributed by atoms with Crippen molar-refractivity contribution in [3.63, 3.8) is 0 Å². The Hall–Kier alpha value is -2.86. The molecule has 0 amide bonds. The number of benzene rings is 2. The molecular weight excluding hydrogens is 346 g/mol. The van der Waals surface area contributed by atoms with Crippen LogP contribution in [-0.2, 0) is 6.54 Å². The third kappa shape index (κ3) is 2.82. The summed E-state index contributed by atoms with van der Waals surface area (Å²) in [5, 5.41) is 4.70. The molecule has 0 atom stereocenters. The SMILES string of the molecule is CCn1cc(-c2nc(-c3ccc(SC)cc3)no2)c(=O)c2ccccc21. The summed E-state index contributed by atoms with van der Waals surface area (Å²) in [5.41, 5.74) is 2.08. The van der Waals surface area contributed by atoms with Crippen LogP contribution in [0.4, 0.5) is 0 Å². The van der Waals surface area contributed by atoms with E-state index in [1.807, 2.05) is 66.3 Å². The Morgan fingerprint density at radius 2 is 1.88 bits per heavy atom. The minimum atomic E-state index is -0.0989. The van der Waals surface area contributed by atoms with Crippen LogP contribution in [-0.4, -0.2) is 21.0 Å². The second-order valence-electron chi connectivity index (χ2n) is 5.83. The monoisotopic (exact) mass is 363 g/mol. The highest BCUT2D eigenvalue weighted by atomic mass is 32.2. The molecule has 0 saturated heterocycles. The summed E-state index contributed by atoms with van der Waals surface area (Å²) >= 11 is 1.67. The molecule has 2 heterocycles. The maximum Gasteiger partial charge on any atom is 0.263 e. The summed E-state index contributed by atoms with van der Waals surface area (Å²) in [6.45, 7) is 2.78. The molecule has 2 aromatic heterocycles. The molecule has 0 aliphatic heterocycles. The fraction of sp³-hybridized carbons (Fsp3) is 0.150. The zero-order valence-electron chi connectivity index (χ0n) is 14.5. The Morgan fingerprint density at radius 1 is 1.12 bits per heavy atom. The van der Waals surface area contributed by atoms with Gasteiger partial charge >= 0.3 is 0 Å². The van der Waals surface area contributed by atoms with Crippen LogP contribution in [0.2, 0.25) is 0 Å². The summed E-state index contributed by atoms with van der Waals surface area (Å²) in [4.78, 5) is 18.5. The smallest absolute Gasteiger partial charge is 0.263 e. The molecule has 0 N–H and O–H groups in total. The Kier molecular flexibility index (Phi) is 4.34. The minimum absolute atomic E-state index is 0.0989. The lowest BCUT2D eigenvalue weighted by atomic mass is 10.1. The zero-order chi connectivity index (χ0) is 18.1. The molecule has 26 heavy (non-hydrogen) atoms. The molecule has 0 aliphatic carbocycles. The van der Waals surface area contributed by atoms with E-state index in [4.69, 9.17) is 4.52 Å². The number of pyridine rings is 1. The molecule has 0 fully saturated rings. The first kappa shape index (κ1) is 16.6. The molecule has 6 heteroatoms. The van der Waals surface area contributed by atoms with E-state index in [1.54, 1.807) is 18.0 Å². The van der Waals surface area contributed by atoms with E-state index in [0.717, 1.165) is 22.5 Å². The van der Waals surface area contributed by atoms with Gasteiger partial charge in [-0.05, 0) is 49.6 Å². The van der Waals surface area contributed by atoms with Gasteiger partial charge in [0.1, 0.15) is 5.56 Å². The van der Waals surface area contributed by atoms with E-state index in [-0.39, 0.29) is 11.3 Å². The summed E-state index contributed by atoms with van der Waals surface area (Å²) in [6.07, 6.45) is 3.82. The molecular formula is C20H17N3O2S. The van der Waals surface area contributed by atoms with Gasteiger partial charge in [0.25, 0.3) is 5.89 Å². The van der Waals surface area contributed by atoms with Gasteiger partial charge < -0.3 is 9.09 Å². The first-order chi connectivity index (χ1) is 12.7. The van der Waals surface area contributed by atoms with Gasteiger partial charge in [-0.2, -0.15) is 4.98 Å². The predicted molar refractivity (Wildman–Crippen MR) is 104 cm³/mol. The number of hydrogen-bond acceptors (Lipinski definition) is 5. The molecule has 4 aromatic rings. The van der Waals surface area contributed by atoms with E-state index in [9.17, 15) is 4.79 Å². The van der Waals surface area contributed by atoms with Gasteiger partial charge in [-0.25, -0.2) is 0 Å². The Morgan fingerprint density at radius 3 is 2.62 bits per heavy atom. The highest BCUT2D eigenvalue weighted by molar-refractivity contribution is 7.98. The van der Waals surface area contributed by atoms with Gasteiger partial charge in [0.2, 0.25) is 11.3 Å². The van der Waals surface area contributed by atoms with Crippen molar-refractivity contribution in [1.29, 1.82) is 0 Å². The number of hydrogen-bond donors (Lipinski definition) is 0. The van der Waals surface area contributed by atoms with Crippen LogP contribution in [0, 0.1) is 0 Å². The lowest BCUT2D eigenvalue weighted by molar-refractivity contribution is 0.431. The van der Waals surface area contributed by atoms with Crippen molar-refractivity contribution in [2.24, 2.45) is 0 Å². The largest absolute Gasteiger partial charge is 0.347 e. The second kappa shape index (κ2) is 6.80. The van der Waals surface area contributed by atoms with E-state index >= 15 is 0 Å². The normalized spacial score (nSPS) is 11.2. The molecule has 0 aliphatic rings. The van der Waals surface area contributed by atoms with Gasteiger partial charge in [-0.3, -0.25) is 4.79 Å². The predicted octanol–water partition coefficient (Wildman–Crippen LogP) is 4.46. The van der Waals surface area contributed by atoms with Gasteiger partial charge in [0, 0.05) is 28.6 Å². The summed E-state index contributed by atoms with van der Waals surface area (Å²) < 4.78 is 7.43. The van der Waals surface area contributed by atoms with Gasteiger partial charge in [0.15, 0.2) is 0 Å². The molecule has 0 radical (unpaired) electrons. The molecule has 130 valence electrons. The average molecular weight is 363 g/mol. The lowest BCUT2D eigenvalue weighted by Crippen LogP contribution is -2.11. The van der Waals surface area contributed by atoms with Crippen molar-refractivity contribution in [2.45, 2.75) is 18.4 Å². The van der Waals surface area contributed by atoms with Crippen LogP contribution in [0.5, 0.6) is 0 Å². The van der Waals surface area contributed by atoms with Crippen molar-refractivity contribution in [3.05, 3.63) is 65.0 Å². The van der Waals surface area contributed by atoms with Gasteiger partial charge in [-0.1, -0.05) is 17.3 Å². The third-order valence-electron chi connectivity index (χ3n) is 4.33. The number of aromatic nitrogens is 3. The number of para-hydroxylation sites is 1. The molecule has 0 bridgehead atoms. The van der Waals surface area contributed by atoms with Crippen molar-refractivity contribution in [2.75, 3.05) is 6.26 Å². The fourth-order valence-corrected chi connectivity index (χ4v) is 3.36. The van der Waals surface area contributed by atoms with Crippen molar-refractivity contribution in [3.8, 4) is 22.8 Å². The average Bonchev–Trinajstić information content (AvgIpc) is 3.18. The van der Waals surface area contributed by atoms with E-state index in [0.29, 0.717) is 16.8 Å². The van der Waals surface area contributed by atoms with E-state index in [1.165, 1.54) is 0 Å². The van der Waals surface area contributed by atoms with Crippen molar-refractivity contribution < 1.29 is 4.52 Å². The first-order valence-electron chi connectivity index (χ1n) is 8.32. The van der Waals surface area contributed by atoms with Gasteiger partial charge in [-0.15, -0.1) is 11.8 Å². The molecule has 0 spiro atoms. The highest BCUT2D eigenvalue weighted by Gasteiger charge is 2.16. The van der Waals surface area contributed by atoms with Crippen LogP contribution >= 0.6 is 11.8 Å². The Bertz CT molecular complexity index is 1130. The van der Waals surface area contributed by atoms with Crippen LogP contribution in [0.25, 0.3) is 33.7 Å². The number of aryl methyl sites for hydroxylation is 1. The van der Waals surface area contributed by atoms with Gasteiger partial charge in [0.05, 0.1) is 5.52 Å². The second-order valence-corrected chi connectivity index (χ2v) is 6.71. The summed E-state index contributed by atoms with van der Waals surface area (Å²) in [6, 6.07) is 15.5. The maximum atomic E-state index is 12.9. The van der Waals surface area contributed by atoms with E-state index in [2.05, 4.69) is 10.1 Å². The molecule has 4 rings (SSSR count). The first-order valence-corrected chi connectivity index (χ1v) is 9.54. The van der Waals surface area contributed by atoms with Crippen LogP contribution in [0.15, 0.2) is 68.9 Å². The number of fused-ring (bicyclic) bond motifs is 1.